The fourth-order valence-electron chi connectivity index (χ4n) is 4.58. The predicted molar refractivity (Wildman–Crippen MR) is 119 cm³/mol. The van der Waals surface area contributed by atoms with E-state index >= 15 is 0 Å². The fraction of sp³-hybridized carbons (Fsp3) is 0.333. The van der Waals surface area contributed by atoms with Gasteiger partial charge in [0, 0.05) is 41.9 Å². The molecule has 7 heteroatoms. The summed E-state index contributed by atoms with van der Waals surface area (Å²) in [4.78, 5) is 12.9. The summed E-state index contributed by atoms with van der Waals surface area (Å²) in [6.45, 7) is 1.18. The lowest BCUT2D eigenvalue weighted by Crippen LogP contribution is -2.44. The monoisotopic (exact) mass is 416 g/mol. The molecule has 2 aromatic carbocycles. The van der Waals surface area contributed by atoms with E-state index in [1.165, 1.54) is 5.56 Å². The van der Waals surface area contributed by atoms with Crippen molar-refractivity contribution in [2.24, 2.45) is 5.92 Å². The minimum Gasteiger partial charge on any atom is -0.352 e. The van der Waals surface area contributed by atoms with E-state index in [2.05, 4.69) is 52.2 Å². The van der Waals surface area contributed by atoms with Crippen molar-refractivity contribution < 1.29 is 4.79 Å². The molecule has 5 rings (SSSR count). The lowest BCUT2D eigenvalue weighted by molar-refractivity contribution is -0.126. The Morgan fingerprint density at radius 3 is 2.55 bits per heavy atom. The number of aromatic nitrogens is 2. The van der Waals surface area contributed by atoms with Gasteiger partial charge in [-0.15, -0.1) is 0 Å². The number of benzene rings is 2. The number of rotatable bonds is 6. The Morgan fingerprint density at radius 1 is 1.00 bits per heavy atom. The summed E-state index contributed by atoms with van der Waals surface area (Å²) < 4.78 is 1.96. The molecule has 3 aromatic rings. The molecule has 0 spiro atoms. The summed E-state index contributed by atoms with van der Waals surface area (Å²) in [5.41, 5.74) is 13.6. The Kier molecular flexibility index (Phi) is 5.80. The molecule has 0 bridgehead atoms. The lowest BCUT2D eigenvalue weighted by Gasteiger charge is -2.29. The summed E-state index contributed by atoms with van der Waals surface area (Å²) in [6, 6.07) is 21.2. The summed E-state index contributed by atoms with van der Waals surface area (Å²) in [7, 11) is 0. The molecule has 3 unspecified atom stereocenters. The smallest absolute Gasteiger partial charge is 0.223 e. The van der Waals surface area contributed by atoms with Gasteiger partial charge < -0.3 is 5.32 Å². The second kappa shape index (κ2) is 9.01. The molecule has 2 heterocycles. The minimum absolute atomic E-state index is 0.0370. The third-order valence-corrected chi connectivity index (χ3v) is 6.26. The molecular weight excluding hydrogens is 388 g/mol. The van der Waals surface area contributed by atoms with Crippen LogP contribution in [0, 0.1) is 5.92 Å². The maximum Gasteiger partial charge on any atom is 0.223 e. The highest BCUT2D eigenvalue weighted by Crippen LogP contribution is 2.27. The standard InChI is InChI=1S/C24H28N6O/c31-24(19-11-12-21-22(13-19)27-29-26-21)25-14-20-16-30(15-17-7-3-1-4-8-17)28-23(20)18-9-5-2-6-10-18/h1-10,16,19,21-22,26-27,29H,11-15H2,(H,25,31). The summed E-state index contributed by atoms with van der Waals surface area (Å²) in [6.07, 6.45) is 4.80. The average molecular weight is 417 g/mol. The number of amides is 1. The van der Waals surface area contributed by atoms with Crippen molar-refractivity contribution in [2.45, 2.75) is 44.4 Å². The van der Waals surface area contributed by atoms with Crippen molar-refractivity contribution in [3.63, 3.8) is 0 Å². The summed E-state index contributed by atoms with van der Waals surface area (Å²) >= 11 is 0. The van der Waals surface area contributed by atoms with Crippen LogP contribution in [-0.4, -0.2) is 27.8 Å². The van der Waals surface area contributed by atoms with Gasteiger partial charge in [0.2, 0.25) is 5.91 Å². The zero-order chi connectivity index (χ0) is 21.0. The molecule has 3 atom stereocenters. The van der Waals surface area contributed by atoms with E-state index in [-0.39, 0.29) is 11.8 Å². The Hall–Kier alpha value is -3.00. The highest BCUT2D eigenvalue weighted by atomic mass is 16.1. The van der Waals surface area contributed by atoms with Crippen LogP contribution in [0.5, 0.6) is 0 Å². The van der Waals surface area contributed by atoms with Crippen molar-refractivity contribution >= 4 is 5.91 Å². The number of nitrogens with zero attached hydrogens (tertiary/aromatic N) is 2. The molecule has 7 nitrogen and oxygen atoms in total. The van der Waals surface area contributed by atoms with Gasteiger partial charge in [-0.1, -0.05) is 60.7 Å². The largest absolute Gasteiger partial charge is 0.352 e. The van der Waals surface area contributed by atoms with Crippen LogP contribution in [0.1, 0.15) is 30.4 Å². The molecule has 2 aliphatic rings. The molecule has 1 saturated heterocycles. The molecule has 1 amide bonds. The molecular formula is C24H28N6O. The Balaban J connectivity index is 1.30. The van der Waals surface area contributed by atoms with Crippen molar-refractivity contribution in [3.8, 4) is 11.3 Å². The maximum absolute atomic E-state index is 12.9. The zero-order valence-corrected chi connectivity index (χ0v) is 17.4. The van der Waals surface area contributed by atoms with E-state index in [4.69, 9.17) is 5.10 Å². The topological polar surface area (TPSA) is 83.0 Å². The second-order valence-corrected chi connectivity index (χ2v) is 8.41. The molecule has 31 heavy (non-hydrogen) atoms. The van der Waals surface area contributed by atoms with E-state index in [9.17, 15) is 4.79 Å². The lowest BCUT2D eigenvalue weighted by atomic mass is 9.82. The molecule has 1 aliphatic heterocycles. The molecule has 0 radical (unpaired) electrons. The van der Waals surface area contributed by atoms with Gasteiger partial charge in [-0.3, -0.25) is 9.48 Å². The van der Waals surface area contributed by atoms with Crippen LogP contribution in [0.4, 0.5) is 0 Å². The molecule has 1 saturated carbocycles. The first-order valence-corrected chi connectivity index (χ1v) is 11.0. The Bertz CT molecular complexity index is 1020. The van der Waals surface area contributed by atoms with Crippen LogP contribution in [0.25, 0.3) is 11.3 Å². The number of hydrazine groups is 2. The van der Waals surface area contributed by atoms with Gasteiger partial charge in [-0.2, -0.15) is 10.6 Å². The van der Waals surface area contributed by atoms with Crippen molar-refractivity contribution in [2.75, 3.05) is 0 Å². The number of carbonyl (C=O) groups excluding carboxylic acids is 1. The number of hydrogen-bond acceptors (Lipinski definition) is 5. The molecule has 2 fully saturated rings. The van der Waals surface area contributed by atoms with Crippen LogP contribution >= 0.6 is 0 Å². The van der Waals surface area contributed by atoms with Crippen molar-refractivity contribution in [1.82, 2.24) is 31.5 Å². The third kappa shape index (κ3) is 4.54. The zero-order valence-electron chi connectivity index (χ0n) is 17.4. The van der Waals surface area contributed by atoms with Crippen molar-refractivity contribution in [1.29, 1.82) is 0 Å². The van der Waals surface area contributed by atoms with Gasteiger partial charge in [-0.25, -0.2) is 10.9 Å². The number of carbonyl (C=O) groups is 1. The molecule has 1 aliphatic carbocycles. The second-order valence-electron chi connectivity index (χ2n) is 8.41. The van der Waals surface area contributed by atoms with Crippen LogP contribution in [0.3, 0.4) is 0 Å². The minimum atomic E-state index is 0.0370. The first-order valence-electron chi connectivity index (χ1n) is 11.0. The summed E-state index contributed by atoms with van der Waals surface area (Å²) in [5.74, 6) is 0.164. The molecule has 4 N–H and O–H groups in total. The fourth-order valence-corrected chi connectivity index (χ4v) is 4.58. The first kappa shape index (κ1) is 19.9. The number of nitrogens with one attached hydrogen (secondary N) is 4. The highest BCUT2D eigenvalue weighted by Gasteiger charge is 2.36. The van der Waals surface area contributed by atoms with Gasteiger partial charge in [-0.05, 0) is 24.8 Å². The highest BCUT2D eigenvalue weighted by molar-refractivity contribution is 5.79. The third-order valence-electron chi connectivity index (χ3n) is 6.26. The van der Waals surface area contributed by atoms with Gasteiger partial charge in [0.25, 0.3) is 0 Å². The van der Waals surface area contributed by atoms with Gasteiger partial charge in [0.05, 0.1) is 12.2 Å². The number of fused-ring (bicyclic) bond motifs is 1. The Morgan fingerprint density at radius 2 is 1.74 bits per heavy atom. The van der Waals surface area contributed by atoms with Crippen LogP contribution < -0.4 is 21.7 Å². The molecule has 1 aromatic heterocycles. The normalized spacial score (nSPS) is 22.8. The first-order chi connectivity index (χ1) is 15.3. The van der Waals surface area contributed by atoms with Crippen molar-refractivity contribution in [3.05, 3.63) is 78.0 Å². The SMILES string of the molecule is O=C(NCc1cn(Cc2ccccc2)nc1-c1ccccc1)C1CCC2NNNC2C1. The van der Waals surface area contributed by atoms with E-state index in [1.54, 1.807) is 0 Å². The van der Waals surface area contributed by atoms with Crippen LogP contribution in [0.15, 0.2) is 66.9 Å². The number of hydrogen-bond donors (Lipinski definition) is 4. The van der Waals surface area contributed by atoms with E-state index < -0.39 is 0 Å². The maximum atomic E-state index is 12.9. The predicted octanol–water partition coefficient (Wildman–Crippen LogP) is 2.36. The van der Waals surface area contributed by atoms with Gasteiger partial charge >= 0.3 is 0 Å². The Labute approximate surface area is 182 Å². The van der Waals surface area contributed by atoms with E-state index in [1.807, 2.05) is 41.1 Å². The average Bonchev–Trinajstić information content (AvgIpc) is 3.45. The summed E-state index contributed by atoms with van der Waals surface area (Å²) in [5, 5.41) is 8.02. The van der Waals surface area contributed by atoms with Gasteiger partial charge in [0.15, 0.2) is 0 Å². The van der Waals surface area contributed by atoms with Crippen LogP contribution in [0.2, 0.25) is 0 Å². The van der Waals surface area contributed by atoms with Crippen LogP contribution in [-0.2, 0) is 17.9 Å². The van der Waals surface area contributed by atoms with E-state index in [0.717, 1.165) is 36.1 Å². The van der Waals surface area contributed by atoms with E-state index in [0.29, 0.717) is 25.2 Å². The quantitative estimate of drug-likeness (QED) is 0.496. The molecule has 160 valence electrons. The van der Waals surface area contributed by atoms with Gasteiger partial charge in [0.1, 0.15) is 0 Å².